The van der Waals surface area contributed by atoms with Crippen molar-refractivity contribution < 1.29 is 4.79 Å². The van der Waals surface area contributed by atoms with E-state index >= 15 is 0 Å². The van der Waals surface area contributed by atoms with Gasteiger partial charge in [-0.15, -0.1) is 0 Å². The average Bonchev–Trinajstić information content (AvgIpc) is 3.17. The van der Waals surface area contributed by atoms with Crippen molar-refractivity contribution in [1.29, 1.82) is 0 Å². The summed E-state index contributed by atoms with van der Waals surface area (Å²) >= 11 is 0. The first kappa shape index (κ1) is 25.1. The maximum Gasteiger partial charge on any atom is 0.253 e. The molecule has 1 saturated heterocycles. The molecule has 186 valence electrons. The van der Waals surface area contributed by atoms with Crippen LogP contribution in [-0.2, 0) is 13.0 Å². The van der Waals surface area contributed by atoms with E-state index in [0.717, 1.165) is 63.4 Å². The molecule has 35 heavy (non-hydrogen) atoms. The summed E-state index contributed by atoms with van der Waals surface area (Å²) in [6, 6.07) is 17.1. The zero-order valence-electron chi connectivity index (χ0n) is 22.0. The van der Waals surface area contributed by atoms with Crippen molar-refractivity contribution in [2.45, 2.75) is 47.1 Å². The zero-order chi connectivity index (χ0) is 24.9. The van der Waals surface area contributed by atoms with E-state index in [2.05, 4.69) is 89.8 Å². The number of benzene rings is 2. The van der Waals surface area contributed by atoms with Gasteiger partial charge in [0.1, 0.15) is 0 Å². The smallest absolute Gasteiger partial charge is 0.253 e. The molecule has 1 aromatic heterocycles. The molecule has 1 amide bonds. The van der Waals surface area contributed by atoms with Crippen LogP contribution in [0.4, 0.5) is 5.69 Å². The van der Waals surface area contributed by atoms with Gasteiger partial charge in [0, 0.05) is 51.2 Å². The Kier molecular flexibility index (Phi) is 7.97. The molecular formula is C30H40N4O. The highest BCUT2D eigenvalue weighted by Crippen LogP contribution is 2.33. The Labute approximate surface area is 210 Å². The van der Waals surface area contributed by atoms with Gasteiger partial charge in [-0.05, 0) is 75.4 Å². The van der Waals surface area contributed by atoms with Crippen LogP contribution >= 0.6 is 0 Å². The van der Waals surface area contributed by atoms with Gasteiger partial charge in [0.15, 0.2) is 0 Å². The minimum absolute atomic E-state index is 0.0176. The molecule has 2 aromatic carbocycles. The Morgan fingerprint density at radius 1 is 0.943 bits per heavy atom. The van der Waals surface area contributed by atoms with Crippen LogP contribution in [0, 0.1) is 20.8 Å². The molecule has 0 saturated carbocycles. The second-order valence-electron chi connectivity index (χ2n) is 9.63. The average molecular weight is 473 g/mol. The van der Waals surface area contributed by atoms with Gasteiger partial charge in [-0.25, -0.2) is 0 Å². The minimum Gasteiger partial charge on any atom is -0.369 e. The number of rotatable bonds is 8. The largest absolute Gasteiger partial charge is 0.369 e. The number of aromatic nitrogens is 1. The molecule has 5 nitrogen and oxygen atoms in total. The number of hydrogen-bond donors (Lipinski definition) is 1. The normalized spacial score (nSPS) is 14.4. The highest BCUT2D eigenvalue weighted by atomic mass is 16.1. The highest BCUT2D eigenvalue weighted by molar-refractivity contribution is 5.99. The van der Waals surface area contributed by atoms with Gasteiger partial charge in [-0.1, -0.05) is 42.5 Å². The molecule has 1 aliphatic rings. The Morgan fingerprint density at radius 2 is 1.66 bits per heavy atom. The standard InChI is InChI=1S/C30H40N4O/c1-6-34-24(4)28(30(35)31-5)26(29(34)25-13-8-7-9-14-25)15-11-17-32-18-20-33(21-19-32)27-16-10-12-22(2)23(27)3/h7-10,12-14,16H,6,11,15,17-21H2,1-5H3,(H,31,35). The fraction of sp³-hybridized carbons (Fsp3) is 0.433. The highest BCUT2D eigenvalue weighted by Gasteiger charge is 2.25. The summed E-state index contributed by atoms with van der Waals surface area (Å²) in [7, 11) is 1.73. The van der Waals surface area contributed by atoms with Crippen LogP contribution in [-0.4, -0.2) is 55.1 Å². The van der Waals surface area contributed by atoms with Crippen LogP contribution in [0.2, 0.25) is 0 Å². The summed E-state index contributed by atoms with van der Waals surface area (Å²) in [5.41, 5.74) is 9.62. The molecule has 0 bridgehead atoms. The first-order valence-corrected chi connectivity index (χ1v) is 13.0. The lowest BCUT2D eigenvalue weighted by Crippen LogP contribution is -2.47. The van der Waals surface area contributed by atoms with E-state index in [9.17, 15) is 4.79 Å². The van der Waals surface area contributed by atoms with Gasteiger partial charge in [0.25, 0.3) is 5.91 Å². The predicted molar refractivity (Wildman–Crippen MR) is 147 cm³/mol. The summed E-state index contributed by atoms with van der Waals surface area (Å²) < 4.78 is 2.30. The van der Waals surface area contributed by atoms with E-state index in [1.165, 1.54) is 33.6 Å². The Hall–Kier alpha value is -3.05. The number of hydrogen-bond acceptors (Lipinski definition) is 3. The SMILES string of the molecule is CCn1c(C)c(C(=O)NC)c(CCCN2CCN(c3cccc(C)c3C)CC2)c1-c1ccccc1. The van der Waals surface area contributed by atoms with Gasteiger partial charge >= 0.3 is 0 Å². The molecule has 1 fully saturated rings. The van der Waals surface area contributed by atoms with E-state index < -0.39 is 0 Å². The Balaban J connectivity index is 1.47. The molecule has 0 aliphatic carbocycles. The van der Waals surface area contributed by atoms with Crippen molar-refractivity contribution in [1.82, 2.24) is 14.8 Å². The summed E-state index contributed by atoms with van der Waals surface area (Å²) in [4.78, 5) is 18.0. The number of carbonyl (C=O) groups excluding carboxylic acids is 1. The van der Waals surface area contributed by atoms with Crippen molar-refractivity contribution in [3.8, 4) is 11.3 Å². The third-order valence-electron chi connectivity index (χ3n) is 7.63. The third-order valence-corrected chi connectivity index (χ3v) is 7.63. The number of carbonyl (C=O) groups is 1. The molecule has 3 aromatic rings. The van der Waals surface area contributed by atoms with Crippen LogP contribution in [0.5, 0.6) is 0 Å². The van der Waals surface area contributed by atoms with Gasteiger partial charge in [0.2, 0.25) is 0 Å². The lowest BCUT2D eigenvalue weighted by atomic mass is 9.99. The molecular weight excluding hydrogens is 432 g/mol. The molecule has 1 aliphatic heterocycles. The monoisotopic (exact) mass is 472 g/mol. The van der Waals surface area contributed by atoms with Crippen LogP contribution in [0.15, 0.2) is 48.5 Å². The second kappa shape index (κ2) is 11.1. The molecule has 5 heteroatoms. The summed E-state index contributed by atoms with van der Waals surface area (Å²) in [6.45, 7) is 14.9. The topological polar surface area (TPSA) is 40.5 Å². The van der Waals surface area contributed by atoms with Crippen LogP contribution < -0.4 is 10.2 Å². The molecule has 1 N–H and O–H groups in total. The van der Waals surface area contributed by atoms with Gasteiger partial charge in [-0.2, -0.15) is 0 Å². The molecule has 0 unspecified atom stereocenters. The first-order valence-electron chi connectivity index (χ1n) is 13.0. The lowest BCUT2D eigenvalue weighted by Gasteiger charge is -2.37. The van der Waals surface area contributed by atoms with E-state index in [1.807, 2.05) is 6.07 Å². The van der Waals surface area contributed by atoms with Crippen molar-refractivity contribution in [3.05, 3.63) is 76.5 Å². The molecule has 0 radical (unpaired) electrons. The molecule has 2 heterocycles. The van der Waals surface area contributed by atoms with Gasteiger partial charge in [0.05, 0.1) is 11.3 Å². The second-order valence-corrected chi connectivity index (χ2v) is 9.63. The van der Waals surface area contributed by atoms with Crippen LogP contribution in [0.3, 0.4) is 0 Å². The Morgan fingerprint density at radius 3 is 2.31 bits per heavy atom. The van der Waals surface area contributed by atoms with Crippen molar-refractivity contribution in [2.75, 3.05) is 44.7 Å². The number of amides is 1. The van der Waals surface area contributed by atoms with E-state index in [-0.39, 0.29) is 5.91 Å². The van der Waals surface area contributed by atoms with Gasteiger partial charge in [-0.3, -0.25) is 9.69 Å². The number of anilines is 1. The zero-order valence-corrected chi connectivity index (χ0v) is 22.0. The number of nitrogens with one attached hydrogen (secondary N) is 1. The lowest BCUT2D eigenvalue weighted by molar-refractivity contribution is 0.0961. The van der Waals surface area contributed by atoms with Crippen molar-refractivity contribution in [2.24, 2.45) is 0 Å². The van der Waals surface area contributed by atoms with Crippen molar-refractivity contribution in [3.63, 3.8) is 0 Å². The summed E-state index contributed by atoms with van der Waals surface area (Å²) in [5, 5.41) is 2.88. The fourth-order valence-electron chi connectivity index (χ4n) is 5.56. The maximum absolute atomic E-state index is 12.9. The third kappa shape index (κ3) is 5.15. The summed E-state index contributed by atoms with van der Waals surface area (Å²) in [5.74, 6) is 0.0176. The number of aryl methyl sites for hydroxylation is 1. The molecule has 0 atom stereocenters. The maximum atomic E-state index is 12.9. The molecule has 4 rings (SSSR count). The summed E-state index contributed by atoms with van der Waals surface area (Å²) in [6.07, 6.45) is 1.94. The number of piperazine rings is 1. The fourth-order valence-corrected chi connectivity index (χ4v) is 5.56. The van der Waals surface area contributed by atoms with Gasteiger partial charge < -0.3 is 14.8 Å². The van der Waals surface area contributed by atoms with Crippen molar-refractivity contribution >= 4 is 11.6 Å². The predicted octanol–water partition coefficient (Wildman–Crippen LogP) is 5.21. The van der Waals surface area contributed by atoms with Crippen LogP contribution in [0.25, 0.3) is 11.3 Å². The van der Waals surface area contributed by atoms with Crippen LogP contribution in [0.1, 0.15) is 46.1 Å². The molecule has 0 spiro atoms. The van der Waals surface area contributed by atoms with E-state index in [0.29, 0.717) is 0 Å². The quantitative estimate of drug-likeness (QED) is 0.489. The first-order chi connectivity index (χ1) is 17.0. The van der Waals surface area contributed by atoms with E-state index in [1.54, 1.807) is 7.05 Å². The number of nitrogens with zero attached hydrogens (tertiary/aromatic N) is 3. The van der Waals surface area contributed by atoms with E-state index in [4.69, 9.17) is 0 Å². The minimum atomic E-state index is 0.0176. The Bertz CT molecular complexity index is 1160.